The number of nitrogens with one attached hydrogen (secondary N) is 2. The largest absolute Gasteiger partial charge is 0.497 e. The number of carbonyl (C=O) groups is 1. The van der Waals surface area contributed by atoms with E-state index in [1.165, 1.54) is 5.56 Å². The standard InChI is InChI=1S/C21H29N5O2/c1-15-11-23-26(13-15)14-16-6-8-25(9-7-16)21(27)19-12-22-24-20(19)17-4-3-5-18(10-17)28-2/h3-5,10-11,13,16,19-20,22,24H,6-9,12,14H2,1-2H3. The lowest BCUT2D eigenvalue weighted by Gasteiger charge is -2.34. The average molecular weight is 383 g/mol. The summed E-state index contributed by atoms with van der Waals surface area (Å²) in [6.45, 7) is 5.30. The molecule has 2 atom stereocenters. The van der Waals surface area contributed by atoms with E-state index >= 15 is 0 Å². The van der Waals surface area contributed by atoms with Crippen molar-refractivity contribution in [3.63, 3.8) is 0 Å². The van der Waals surface area contributed by atoms with Crippen LogP contribution in [0, 0.1) is 18.8 Å². The minimum atomic E-state index is -0.0996. The van der Waals surface area contributed by atoms with Gasteiger partial charge in [-0.15, -0.1) is 0 Å². The van der Waals surface area contributed by atoms with Crippen molar-refractivity contribution in [2.24, 2.45) is 11.8 Å². The van der Waals surface area contributed by atoms with E-state index in [1.54, 1.807) is 7.11 Å². The molecule has 150 valence electrons. The van der Waals surface area contributed by atoms with Crippen molar-refractivity contribution in [3.05, 3.63) is 47.8 Å². The number of hydrogen-bond acceptors (Lipinski definition) is 5. The van der Waals surface area contributed by atoms with Crippen LogP contribution in [0.2, 0.25) is 0 Å². The van der Waals surface area contributed by atoms with Gasteiger partial charge in [-0.1, -0.05) is 12.1 Å². The van der Waals surface area contributed by atoms with Crippen LogP contribution in [-0.4, -0.2) is 47.3 Å². The first-order valence-electron chi connectivity index (χ1n) is 10.0. The van der Waals surface area contributed by atoms with Crippen LogP contribution in [0.1, 0.15) is 30.0 Å². The molecule has 4 rings (SSSR count). The molecule has 0 aliphatic carbocycles. The molecule has 0 radical (unpaired) electrons. The van der Waals surface area contributed by atoms with Gasteiger partial charge < -0.3 is 9.64 Å². The third-order valence-electron chi connectivity index (χ3n) is 5.89. The molecule has 0 spiro atoms. The van der Waals surface area contributed by atoms with Crippen LogP contribution < -0.4 is 15.6 Å². The van der Waals surface area contributed by atoms with Crippen LogP contribution in [0.3, 0.4) is 0 Å². The molecule has 2 aliphatic heterocycles. The second kappa shape index (κ2) is 8.32. The molecule has 2 saturated heterocycles. The van der Waals surface area contributed by atoms with E-state index in [0.29, 0.717) is 12.5 Å². The van der Waals surface area contributed by atoms with Gasteiger partial charge >= 0.3 is 0 Å². The Balaban J connectivity index is 1.36. The number of nitrogens with zero attached hydrogens (tertiary/aromatic N) is 3. The Morgan fingerprint density at radius 1 is 1.32 bits per heavy atom. The van der Waals surface area contributed by atoms with Crippen molar-refractivity contribution in [1.29, 1.82) is 0 Å². The van der Waals surface area contributed by atoms with Crippen LogP contribution in [0.25, 0.3) is 0 Å². The number of aromatic nitrogens is 2. The highest BCUT2D eigenvalue weighted by Gasteiger charge is 2.37. The summed E-state index contributed by atoms with van der Waals surface area (Å²) >= 11 is 0. The predicted molar refractivity (Wildman–Crippen MR) is 107 cm³/mol. The highest BCUT2D eigenvalue weighted by Crippen LogP contribution is 2.30. The van der Waals surface area contributed by atoms with Gasteiger partial charge in [0.15, 0.2) is 0 Å². The number of hydrogen-bond donors (Lipinski definition) is 2. The van der Waals surface area contributed by atoms with E-state index in [1.807, 2.05) is 40.0 Å². The van der Waals surface area contributed by atoms with Crippen molar-refractivity contribution in [2.45, 2.75) is 32.4 Å². The molecule has 1 amide bonds. The van der Waals surface area contributed by atoms with Crippen LogP contribution in [-0.2, 0) is 11.3 Å². The highest BCUT2D eigenvalue weighted by atomic mass is 16.5. The zero-order chi connectivity index (χ0) is 19.5. The topological polar surface area (TPSA) is 71.4 Å². The van der Waals surface area contributed by atoms with Gasteiger partial charge in [-0.25, -0.2) is 5.43 Å². The predicted octanol–water partition coefficient (Wildman–Crippen LogP) is 1.90. The molecule has 2 N–H and O–H groups in total. The molecular formula is C21H29N5O2. The maximum atomic E-state index is 13.2. The molecule has 0 saturated carbocycles. The number of likely N-dealkylation sites (tertiary alicyclic amines) is 1. The van der Waals surface area contributed by atoms with Crippen molar-refractivity contribution in [3.8, 4) is 5.75 Å². The third kappa shape index (κ3) is 4.05. The number of ether oxygens (including phenoxy) is 1. The summed E-state index contributed by atoms with van der Waals surface area (Å²) in [6, 6.07) is 7.91. The first kappa shape index (κ1) is 19.0. The van der Waals surface area contributed by atoms with Crippen molar-refractivity contribution < 1.29 is 9.53 Å². The number of piperidine rings is 1. The van der Waals surface area contributed by atoms with E-state index < -0.39 is 0 Å². The Labute approximate surface area is 166 Å². The zero-order valence-electron chi connectivity index (χ0n) is 16.6. The summed E-state index contributed by atoms with van der Waals surface area (Å²) in [5.41, 5.74) is 8.71. The van der Waals surface area contributed by atoms with Gasteiger partial charge in [0.2, 0.25) is 5.91 Å². The van der Waals surface area contributed by atoms with Crippen molar-refractivity contribution in [2.75, 3.05) is 26.7 Å². The Kier molecular flexibility index (Phi) is 5.64. The molecular weight excluding hydrogens is 354 g/mol. The lowest BCUT2D eigenvalue weighted by Crippen LogP contribution is -2.44. The molecule has 1 aromatic heterocycles. The second-order valence-electron chi connectivity index (χ2n) is 7.89. The first-order chi connectivity index (χ1) is 13.6. The van der Waals surface area contributed by atoms with E-state index in [-0.39, 0.29) is 17.9 Å². The normalized spacial score (nSPS) is 23.1. The van der Waals surface area contributed by atoms with E-state index in [0.717, 1.165) is 43.8 Å². The summed E-state index contributed by atoms with van der Waals surface area (Å²) in [7, 11) is 1.66. The highest BCUT2D eigenvalue weighted by molar-refractivity contribution is 5.80. The molecule has 7 nitrogen and oxygen atoms in total. The van der Waals surface area contributed by atoms with Crippen molar-refractivity contribution >= 4 is 5.91 Å². The number of rotatable bonds is 5. The smallest absolute Gasteiger partial charge is 0.229 e. The summed E-state index contributed by atoms with van der Waals surface area (Å²) < 4.78 is 7.37. The van der Waals surface area contributed by atoms with E-state index in [2.05, 4.69) is 29.1 Å². The number of carbonyl (C=O) groups excluding carboxylic acids is 1. The van der Waals surface area contributed by atoms with Gasteiger partial charge in [-0.3, -0.25) is 14.9 Å². The van der Waals surface area contributed by atoms with Gasteiger partial charge in [0, 0.05) is 32.4 Å². The maximum Gasteiger partial charge on any atom is 0.229 e. The van der Waals surface area contributed by atoms with Gasteiger partial charge in [-0.05, 0) is 48.9 Å². The molecule has 7 heteroatoms. The maximum absolute atomic E-state index is 13.2. The Bertz CT molecular complexity index is 813. The number of benzene rings is 1. The second-order valence-corrected chi connectivity index (χ2v) is 7.89. The number of amides is 1. The lowest BCUT2D eigenvalue weighted by atomic mass is 9.91. The fourth-order valence-electron chi connectivity index (χ4n) is 4.28. The lowest BCUT2D eigenvalue weighted by molar-refractivity contribution is -0.137. The Morgan fingerprint density at radius 3 is 2.86 bits per heavy atom. The van der Waals surface area contributed by atoms with Crippen LogP contribution >= 0.6 is 0 Å². The number of hydrazine groups is 1. The number of aryl methyl sites for hydroxylation is 1. The van der Waals surface area contributed by atoms with Crippen LogP contribution in [0.4, 0.5) is 0 Å². The van der Waals surface area contributed by atoms with Gasteiger partial charge in [0.1, 0.15) is 5.75 Å². The van der Waals surface area contributed by atoms with E-state index in [9.17, 15) is 4.79 Å². The monoisotopic (exact) mass is 383 g/mol. The Morgan fingerprint density at radius 2 is 2.14 bits per heavy atom. The minimum Gasteiger partial charge on any atom is -0.497 e. The summed E-state index contributed by atoms with van der Waals surface area (Å²) in [4.78, 5) is 15.2. The average Bonchev–Trinajstić information content (AvgIpc) is 3.37. The van der Waals surface area contributed by atoms with Crippen LogP contribution in [0.15, 0.2) is 36.7 Å². The molecule has 2 aliphatic rings. The molecule has 0 bridgehead atoms. The molecule has 2 aromatic rings. The summed E-state index contributed by atoms with van der Waals surface area (Å²) in [6.07, 6.45) is 6.05. The van der Waals surface area contributed by atoms with Gasteiger partial charge in [-0.2, -0.15) is 5.10 Å². The minimum absolute atomic E-state index is 0.0348. The molecule has 1 aromatic carbocycles. The van der Waals surface area contributed by atoms with Crippen LogP contribution in [0.5, 0.6) is 5.75 Å². The summed E-state index contributed by atoms with van der Waals surface area (Å²) in [5, 5.41) is 4.39. The van der Waals surface area contributed by atoms with E-state index in [4.69, 9.17) is 4.74 Å². The summed E-state index contributed by atoms with van der Waals surface area (Å²) in [5.74, 6) is 1.53. The van der Waals surface area contributed by atoms with Crippen molar-refractivity contribution in [1.82, 2.24) is 25.5 Å². The number of methoxy groups -OCH3 is 1. The quantitative estimate of drug-likeness (QED) is 0.825. The van der Waals surface area contributed by atoms with Gasteiger partial charge in [0.25, 0.3) is 0 Å². The van der Waals surface area contributed by atoms with Gasteiger partial charge in [0.05, 0.1) is 25.3 Å². The zero-order valence-corrected chi connectivity index (χ0v) is 16.6. The fraction of sp³-hybridized carbons (Fsp3) is 0.524. The fourth-order valence-corrected chi connectivity index (χ4v) is 4.28. The third-order valence-corrected chi connectivity index (χ3v) is 5.89. The molecule has 2 fully saturated rings. The Hall–Kier alpha value is -2.38. The first-order valence-corrected chi connectivity index (χ1v) is 10.0. The molecule has 2 unspecified atom stereocenters. The molecule has 3 heterocycles. The SMILES string of the molecule is COc1cccc(C2NNCC2C(=O)N2CCC(Cn3cc(C)cn3)CC2)c1. The molecule has 28 heavy (non-hydrogen) atoms.